The lowest BCUT2D eigenvalue weighted by Crippen LogP contribution is -2.50. The highest BCUT2D eigenvalue weighted by atomic mass is 32.2. The van der Waals surface area contributed by atoms with Gasteiger partial charge in [-0.25, -0.2) is 8.42 Å². The summed E-state index contributed by atoms with van der Waals surface area (Å²) >= 11 is 0. The molecule has 0 spiro atoms. The number of nitrogens with zero attached hydrogens (tertiary/aromatic N) is 2. The van der Waals surface area contributed by atoms with E-state index in [1.165, 1.54) is 4.31 Å². The summed E-state index contributed by atoms with van der Waals surface area (Å²) < 4.78 is 35.0. The highest BCUT2D eigenvalue weighted by Crippen LogP contribution is 2.37. The van der Waals surface area contributed by atoms with Crippen molar-refractivity contribution in [1.82, 2.24) is 9.21 Å². The van der Waals surface area contributed by atoms with Gasteiger partial charge >= 0.3 is 0 Å². The number of likely N-dealkylation sites (N-methyl/N-ethyl adjacent to an activating group) is 1. The molecule has 0 bridgehead atoms. The van der Waals surface area contributed by atoms with Gasteiger partial charge in [-0.3, -0.25) is 4.79 Å². The SMILES string of the molecule is C[C@@H]1CN([C@H](C)CO)S(=O)(=O)c2ccc(-c3ccccc3)cc2O[C@@H]1CN(C)C(=O)CC1CC1. The van der Waals surface area contributed by atoms with Gasteiger partial charge in [0.2, 0.25) is 15.9 Å². The van der Waals surface area contributed by atoms with Gasteiger partial charge in [-0.1, -0.05) is 43.3 Å². The zero-order valence-corrected chi connectivity index (χ0v) is 20.9. The third-order valence-corrected chi connectivity index (χ3v) is 8.83. The maximum atomic E-state index is 13.6. The number of amides is 1. The fourth-order valence-electron chi connectivity index (χ4n) is 4.35. The van der Waals surface area contributed by atoms with Crippen molar-refractivity contribution in [3.05, 3.63) is 48.5 Å². The predicted octanol–water partition coefficient (Wildman–Crippen LogP) is 3.38. The van der Waals surface area contributed by atoms with E-state index in [1.54, 1.807) is 37.1 Å². The average Bonchev–Trinajstić information content (AvgIpc) is 3.65. The largest absolute Gasteiger partial charge is 0.487 e. The minimum atomic E-state index is -3.89. The Morgan fingerprint density at radius 3 is 2.53 bits per heavy atom. The highest BCUT2D eigenvalue weighted by Gasteiger charge is 2.38. The smallest absolute Gasteiger partial charge is 0.247 e. The van der Waals surface area contributed by atoms with Gasteiger partial charge in [-0.05, 0) is 48.9 Å². The van der Waals surface area contributed by atoms with Crippen LogP contribution in [0.15, 0.2) is 53.4 Å². The van der Waals surface area contributed by atoms with E-state index in [0.717, 1.165) is 24.0 Å². The molecule has 1 aliphatic carbocycles. The zero-order valence-electron chi connectivity index (χ0n) is 20.1. The molecule has 0 unspecified atom stereocenters. The standard InChI is InChI=1S/C26H34N2O5S/c1-18-15-28(19(2)17-29)34(31,32)25-12-11-22(21-7-5-4-6-8-21)14-23(25)33-24(18)16-27(3)26(30)13-20-9-10-20/h4-8,11-12,14,18-20,24,29H,9-10,13,15-17H2,1-3H3/t18-,19-,24-/m1/s1. The summed E-state index contributed by atoms with van der Waals surface area (Å²) in [5.74, 6) is 0.655. The first-order valence-corrected chi connectivity index (χ1v) is 13.4. The fourth-order valence-corrected chi connectivity index (χ4v) is 6.18. The molecule has 1 fully saturated rings. The molecule has 7 nitrogen and oxygen atoms in total. The second-order valence-corrected chi connectivity index (χ2v) is 11.5. The summed E-state index contributed by atoms with van der Waals surface area (Å²) in [6, 6.07) is 14.3. The molecule has 2 aromatic carbocycles. The van der Waals surface area contributed by atoms with Crippen LogP contribution >= 0.6 is 0 Å². The summed E-state index contributed by atoms with van der Waals surface area (Å²) in [6.07, 6.45) is 2.37. The third kappa shape index (κ3) is 5.29. The van der Waals surface area contributed by atoms with Gasteiger partial charge in [0.05, 0.1) is 13.2 Å². The molecular formula is C26H34N2O5S. The molecule has 1 saturated carbocycles. The number of benzene rings is 2. The molecule has 4 rings (SSSR count). The summed E-state index contributed by atoms with van der Waals surface area (Å²) in [4.78, 5) is 14.4. The quantitative estimate of drug-likeness (QED) is 0.648. The first-order valence-electron chi connectivity index (χ1n) is 11.9. The normalized spacial score (nSPS) is 23.2. The number of rotatable bonds is 7. The van der Waals surface area contributed by atoms with Crippen molar-refractivity contribution < 1.29 is 23.1 Å². The molecule has 8 heteroatoms. The lowest BCUT2D eigenvalue weighted by atomic mass is 10.0. The van der Waals surface area contributed by atoms with Crippen molar-refractivity contribution in [2.45, 2.75) is 50.2 Å². The maximum absolute atomic E-state index is 13.6. The van der Waals surface area contributed by atoms with Gasteiger partial charge in [0, 0.05) is 32.0 Å². The van der Waals surface area contributed by atoms with Crippen molar-refractivity contribution >= 4 is 15.9 Å². The van der Waals surface area contributed by atoms with Crippen LogP contribution in [0.5, 0.6) is 5.75 Å². The van der Waals surface area contributed by atoms with E-state index in [4.69, 9.17) is 4.74 Å². The van der Waals surface area contributed by atoms with Crippen molar-refractivity contribution in [3.8, 4) is 16.9 Å². The molecule has 3 atom stereocenters. The van der Waals surface area contributed by atoms with Crippen LogP contribution in [-0.2, 0) is 14.8 Å². The van der Waals surface area contributed by atoms with E-state index in [9.17, 15) is 18.3 Å². The number of sulfonamides is 1. The molecule has 1 N–H and O–H groups in total. The third-order valence-electron chi connectivity index (χ3n) is 6.81. The Balaban J connectivity index is 1.72. The Hall–Kier alpha value is -2.42. The summed E-state index contributed by atoms with van der Waals surface area (Å²) in [6.45, 7) is 3.91. The van der Waals surface area contributed by atoms with Crippen molar-refractivity contribution in [1.29, 1.82) is 0 Å². The van der Waals surface area contributed by atoms with Crippen LogP contribution in [0, 0.1) is 11.8 Å². The molecular weight excluding hydrogens is 452 g/mol. The minimum Gasteiger partial charge on any atom is -0.487 e. The topological polar surface area (TPSA) is 87.2 Å². The van der Waals surface area contributed by atoms with E-state index in [1.807, 2.05) is 37.3 Å². The number of hydrogen-bond donors (Lipinski definition) is 1. The summed E-state index contributed by atoms with van der Waals surface area (Å²) in [5, 5.41) is 9.79. The first-order chi connectivity index (χ1) is 16.2. The zero-order chi connectivity index (χ0) is 24.5. The number of ether oxygens (including phenoxy) is 1. The number of fused-ring (bicyclic) bond motifs is 1. The Labute approximate surface area is 202 Å². The molecule has 184 valence electrons. The van der Waals surface area contributed by atoms with E-state index in [-0.39, 0.29) is 35.6 Å². The molecule has 1 aliphatic heterocycles. The number of aliphatic hydroxyl groups is 1. The molecule has 2 aliphatic rings. The van der Waals surface area contributed by atoms with Crippen LogP contribution in [0.1, 0.15) is 33.1 Å². The van der Waals surface area contributed by atoms with Gasteiger partial charge in [0.15, 0.2) is 0 Å². The first kappa shape index (κ1) is 24.7. The monoisotopic (exact) mass is 486 g/mol. The highest BCUT2D eigenvalue weighted by molar-refractivity contribution is 7.89. The van der Waals surface area contributed by atoms with Crippen LogP contribution in [0.3, 0.4) is 0 Å². The lowest BCUT2D eigenvalue weighted by Gasteiger charge is -2.37. The fraction of sp³-hybridized carbons (Fsp3) is 0.500. The maximum Gasteiger partial charge on any atom is 0.247 e. The van der Waals surface area contributed by atoms with Gasteiger partial charge in [-0.15, -0.1) is 0 Å². The second kappa shape index (κ2) is 10.1. The molecule has 1 heterocycles. The van der Waals surface area contributed by atoms with Crippen LogP contribution in [0.25, 0.3) is 11.1 Å². The molecule has 0 aromatic heterocycles. The van der Waals surface area contributed by atoms with Crippen LogP contribution < -0.4 is 4.74 Å². The van der Waals surface area contributed by atoms with Crippen LogP contribution in [0.2, 0.25) is 0 Å². The van der Waals surface area contributed by atoms with Crippen molar-refractivity contribution in [3.63, 3.8) is 0 Å². The number of carbonyl (C=O) groups is 1. The predicted molar refractivity (Wildman–Crippen MR) is 131 cm³/mol. The number of hydrogen-bond acceptors (Lipinski definition) is 5. The Bertz CT molecular complexity index is 1120. The Morgan fingerprint density at radius 2 is 1.88 bits per heavy atom. The van der Waals surface area contributed by atoms with E-state index in [2.05, 4.69) is 0 Å². The Morgan fingerprint density at radius 1 is 1.18 bits per heavy atom. The lowest BCUT2D eigenvalue weighted by molar-refractivity contribution is -0.131. The molecule has 2 aromatic rings. The summed E-state index contributed by atoms with van der Waals surface area (Å²) in [5.41, 5.74) is 1.80. The van der Waals surface area contributed by atoms with Gasteiger partial charge in [0.1, 0.15) is 16.7 Å². The van der Waals surface area contributed by atoms with E-state index < -0.39 is 22.2 Å². The van der Waals surface area contributed by atoms with E-state index >= 15 is 0 Å². The van der Waals surface area contributed by atoms with Gasteiger partial charge in [-0.2, -0.15) is 4.31 Å². The second-order valence-electron chi connectivity index (χ2n) is 9.69. The molecule has 1 amide bonds. The van der Waals surface area contributed by atoms with E-state index in [0.29, 0.717) is 18.9 Å². The average molecular weight is 487 g/mol. The minimum absolute atomic E-state index is 0.0799. The summed E-state index contributed by atoms with van der Waals surface area (Å²) in [7, 11) is -2.11. The molecule has 34 heavy (non-hydrogen) atoms. The van der Waals surface area contributed by atoms with Crippen LogP contribution in [-0.4, -0.2) is 67.5 Å². The van der Waals surface area contributed by atoms with Gasteiger partial charge in [0.25, 0.3) is 0 Å². The number of carbonyl (C=O) groups excluding carboxylic acids is 1. The van der Waals surface area contributed by atoms with Crippen molar-refractivity contribution in [2.24, 2.45) is 11.8 Å². The van der Waals surface area contributed by atoms with Crippen LogP contribution in [0.4, 0.5) is 0 Å². The van der Waals surface area contributed by atoms with Crippen molar-refractivity contribution in [2.75, 3.05) is 26.7 Å². The molecule has 0 radical (unpaired) electrons. The molecule has 0 saturated heterocycles. The number of aliphatic hydroxyl groups excluding tert-OH is 1. The Kier molecular flexibility index (Phi) is 7.31. The van der Waals surface area contributed by atoms with Gasteiger partial charge < -0.3 is 14.7 Å².